The Morgan fingerprint density at radius 1 is 1.47 bits per heavy atom. The summed E-state index contributed by atoms with van der Waals surface area (Å²) in [5, 5.41) is 3.47. The Morgan fingerprint density at radius 2 is 2.32 bits per heavy atom. The molecule has 0 bridgehead atoms. The molecule has 1 aromatic rings. The summed E-state index contributed by atoms with van der Waals surface area (Å²) in [6.45, 7) is 5.26. The van der Waals surface area contributed by atoms with Gasteiger partial charge in [-0.3, -0.25) is 4.79 Å². The third-order valence-electron chi connectivity index (χ3n) is 2.92. The lowest BCUT2D eigenvalue weighted by atomic mass is 10.3. The normalized spacial score (nSPS) is 16.0. The van der Waals surface area contributed by atoms with E-state index >= 15 is 0 Å². The monoisotopic (exact) mass is 283 g/mol. The number of carbonyl (C=O) groups is 1. The number of anilines is 1. The number of nitrogens with one attached hydrogen (secondary N) is 1. The fraction of sp³-hybridized carbons (Fsp3) is 0.538. The van der Waals surface area contributed by atoms with Crippen molar-refractivity contribution in [3.63, 3.8) is 0 Å². The minimum atomic E-state index is -0.129. The molecule has 1 saturated heterocycles. The van der Waals surface area contributed by atoms with E-state index in [9.17, 15) is 4.79 Å². The molecule has 0 atom stereocenters. The van der Waals surface area contributed by atoms with Crippen molar-refractivity contribution >= 4 is 23.3 Å². The van der Waals surface area contributed by atoms with E-state index in [4.69, 9.17) is 16.3 Å². The van der Waals surface area contributed by atoms with E-state index in [0.29, 0.717) is 42.8 Å². The van der Waals surface area contributed by atoms with Crippen LogP contribution in [0.4, 0.5) is 5.82 Å². The number of pyridine rings is 1. The molecule has 1 aliphatic rings. The highest BCUT2D eigenvalue weighted by molar-refractivity contribution is 6.33. The maximum absolute atomic E-state index is 12.4. The van der Waals surface area contributed by atoms with Crippen molar-refractivity contribution in [2.24, 2.45) is 0 Å². The minimum Gasteiger partial charge on any atom is -0.380 e. The quantitative estimate of drug-likeness (QED) is 0.922. The number of rotatable bonds is 3. The van der Waals surface area contributed by atoms with Crippen LogP contribution in [0.15, 0.2) is 12.1 Å². The van der Waals surface area contributed by atoms with E-state index in [0.717, 1.165) is 13.0 Å². The molecule has 0 radical (unpaired) electrons. The predicted octanol–water partition coefficient (Wildman–Crippen LogP) is 2.03. The van der Waals surface area contributed by atoms with Crippen LogP contribution < -0.4 is 5.32 Å². The van der Waals surface area contributed by atoms with Gasteiger partial charge in [0.2, 0.25) is 0 Å². The molecule has 0 saturated carbocycles. The second kappa shape index (κ2) is 6.73. The van der Waals surface area contributed by atoms with Crippen molar-refractivity contribution in [2.75, 3.05) is 38.2 Å². The van der Waals surface area contributed by atoms with E-state index in [1.165, 1.54) is 0 Å². The van der Waals surface area contributed by atoms with Gasteiger partial charge >= 0.3 is 0 Å². The number of amides is 1. The van der Waals surface area contributed by atoms with Gasteiger partial charge in [-0.05, 0) is 25.5 Å². The van der Waals surface area contributed by atoms with Crippen molar-refractivity contribution in [3.8, 4) is 0 Å². The number of nitrogens with zero attached hydrogens (tertiary/aromatic N) is 2. The number of ether oxygens (including phenoxy) is 1. The molecule has 6 heteroatoms. The molecule has 5 nitrogen and oxygen atoms in total. The van der Waals surface area contributed by atoms with E-state index < -0.39 is 0 Å². The fourth-order valence-corrected chi connectivity index (χ4v) is 2.16. The second-order valence-corrected chi connectivity index (χ2v) is 4.72. The van der Waals surface area contributed by atoms with E-state index in [1.54, 1.807) is 17.0 Å². The largest absolute Gasteiger partial charge is 0.380 e. The van der Waals surface area contributed by atoms with Crippen molar-refractivity contribution in [3.05, 3.63) is 22.8 Å². The number of hydrogen-bond donors (Lipinski definition) is 1. The third-order valence-corrected chi connectivity index (χ3v) is 3.22. The van der Waals surface area contributed by atoms with Gasteiger partial charge < -0.3 is 15.0 Å². The van der Waals surface area contributed by atoms with Crippen LogP contribution in [0, 0.1) is 0 Å². The zero-order chi connectivity index (χ0) is 13.7. The first-order valence-corrected chi connectivity index (χ1v) is 6.87. The molecule has 1 aliphatic heterocycles. The molecule has 19 heavy (non-hydrogen) atoms. The summed E-state index contributed by atoms with van der Waals surface area (Å²) in [5.74, 6) is 0.538. The van der Waals surface area contributed by atoms with Gasteiger partial charge in [-0.1, -0.05) is 11.6 Å². The average molecular weight is 284 g/mol. The SMILES string of the molecule is CCNc1ccc(Cl)c(C(=O)N2CCCOCC2)n1. The van der Waals surface area contributed by atoms with Crippen LogP contribution in [-0.2, 0) is 4.74 Å². The van der Waals surface area contributed by atoms with Crippen molar-refractivity contribution in [1.29, 1.82) is 0 Å². The van der Waals surface area contributed by atoms with Crippen molar-refractivity contribution in [2.45, 2.75) is 13.3 Å². The molecule has 1 N–H and O–H groups in total. The Balaban J connectivity index is 2.18. The van der Waals surface area contributed by atoms with Crippen LogP contribution >= 0.6 is 11.6 Å². The van der Waals surface area contributed by atoms with Crippen LogP contribution in [0.3, 0.4) is 0 Å². The molecular formula is C13H18ClN3O2. The summed E-state index contributed by atoms with van der Waals surface area (Å²) < 4.78 is 5.34. The lowest BCUT2D eigenvalue weighted by Gasteiger charge is -2.20. The number of hydrogen-bond acceptors (Lipinski definition) is 4. The molecule has 0 aliphatic carbocycles. The number of carbonyl (C=O) groups excluding carboxylic acids is 1. The van der Waals surface area contributed by atoms with Crippen LogP contribution in [-0.4, -0.2) is 48.6 Å². The number of aromatic nitrogens is 1. The smallest absolute Gasteiger partial charge is 0.274 e. The Kier molecular flexibility index (Phi) is 4.99. The molecule has 104 valence electrons. The first-order valence-electron chi connectivity index (χ1n) is 6.50. The Morgan fingerprint density at radius 3 is 3.11 bits per heavy atom. The van der Waals surface area contributed by atoms with Gasteiger partial charge in [-0.25, -0.2) is 4.98 Å². The first-order chi connectivity index (χ1) is 9.22. The van der Waals surface area contributed by atoms with Gasteiger partial charge in [0.1, 0.15) is 11.5 Å². The highest BCUT2D eigenvalue weighted by atomic mass is 35.5. The van der Waals surface area contributed by atoms with E-state index in [2.05, 4.69) is 10.3 Å². The molecule has 0 unspecified atom stereocenters. The Bertz CT molecular complexity index is 446. The maximum Gasteiger partial charge on any atom is 0.274 e. The van der Waals surface area contributed by atoms with Gasteiger partial charge in [0.05, 0.1) is 11.6 Å². The second-order valence-electron chi connectivity index (χ2n) is 4.32. The van der Waals surface area contributed by atoms with Crippen LogP contribution in [0.1, 0.15) is 23.8 Å². The van der Waals surface area contributed by atoms with Crippen molar-refractivity contribution < 1.29 is 9.53 Å². The average Bonchev–Trinajstić information content (AvgIpc) is 2.69. The molecule has 2 rings (SSSR count). The molecular weight excluding hydrogens is 266 g/mol. The van der Waals surface area contributed by atoms with Gasteiger partial charge in [-0.15, -0.1) is 0 Å². The summed E-state index contributed by atoms with van der Waals surface area (Å²) in [6, 6.07) is 3.47. The molecule has 1 aromatic heterocycles. The van der Waals surface area contributed by atoms with Gasteiger partial charge in [-0.2, -0.15) is 0 Å². The zero-order valence-corrected chi connectivity index (χ0v) is 11.7. The lowest BCUT2D eigenvalue weighted by molar-refractivity contribution is 0.0736. The van der Waals surface area contributed by atoms with Gasteiger partial charge in [0.25, 0.3) is 5.91 Å². The van der Waals surface area contributed by atoms with E-state index in [-0.39, 0.29) is 5.91 Å². The molecule has 1 amide bonds. The van der Waals surface area contributed by atoms with Gasteiger partial charge in [0.15, 0.2) is 0 Å². The summed E-state index contributed by atoms with van der Waals surface area (Å²) in [7, 11) is 0. The lowest BCUT2D eigenvalue weighted by Crippen LogP contribution is -2.34. The minimum absolute atomic E-state index is 0.129. The highest BCUT2D eigenvalue weighted by Gasteiger charge is 2.21. The Labute approximate surface area is 117 Å². The maximum atomic E-state index is 12.4. The molecule has 0 spiro atoms. The summed E-state index contributed by atoms with van der Waals surface area (Å²) in [6.07, 6.45) is 0.844. The van der Waals surface area contributed by atoms with E-state index in [1.807, 2.05) is 6.92 Å². The predicted molar refractivity (Wildman–Crippen MR) is 74.8 cm³/mol. The number of halogens is 1. The molecule has 2 heterocycles. The van der Waals surface area contributed by atoms with Crippen molar-refractivity contribution in [1.82, 2.24) is 9.88 Å². The first kappa shape index (κ1) is 14.1. The topological polar surface area (TPSA) is 54.5 Å². The highest BCUT2D eigenvalue weighted by Crippen LogP contribution is 2.19. The van der Waals surface area contributed by atoms with Crippen LogP contribution in [0.25, 0.3) is 0 Å². The summed E-state index contributed by atoms with van der Waals surface area (Å²) >= 11 is 6.08. The zero-order valence-electron chi connectivity index (χ0n) is 11.0. The summed E-state index contributed by atoms with van der Waals surface area (Å²) in [5.41, 5.74) is 0.307. The standard InChI is InChI=1S/C13H18ClN3O2/c1-2-15-11-5-4-10(14)12(16-11)13(18)17-6-3-8-19-9-7-17/h4-5H,2-3,6-9H2,1H3,(H,15,16). The van der Waals surface area contributed by atoms with Crippen LogP contribution in [0.2, 0.25) is 5.02 Å². The summed E-state index contributed by atoms with van der Waals surface area (Å²) in [4.78, 5) is 18.5. The third kappa shape index (κ3) is 3.58. The van der Waals surface area contributed by atoms with Gasteiger partial charge in [0, 0.05) is 26.2 Å². The molecule has 0 aromatic carbocycles. The molecule has 1 fully saturated rings. The fourth-order valence-electron chi connectivity index (χ4n) is 1.97. The van der Waals surface area contributed by atoms with Crippen LogP contribution in [0.5, 0.6) is 0 Å². The Hall–Kier alpha value is -1.33.